The number of aliphatic hydroxyl groups is 1. The zero-order valence-electron chi connectivity index (χ0n) is 7.43. The number of halogens is 1. The van der Waals surface area contributed by atoms with Crippen molar-refractivity contribution in [3.63, 3.8) is 0 Å². The van der Waals surface area contributed by atoms with Gasteiger partial charge in [-0.05, 0) is 32.1 Å². The number of hydrogen-bond donors (Lipinski definition) is 1. The van der Waals surface area contributed by atoms with E-state index < -0.39 is 0 Å². The van der Waals surface area contributed by atoms with Crippen LogP contribution in [0.25, 0.3) is 0 Å². The van der Waals surface area contributed by atoms with Crippen molar-refractivity contribution >= 4 is 11.6 Å². The molecule has 2 fully saturated rings. The maximum atomic E-state index is 10.3. The van der Waals surface area contributed by atoms with Crippen LogP contribution in [-0.4, -0.2) is 16.1 Å². The van der Waals surface area contributed by atoms with E-state index in [1.54, 1.807) is 0 Å². The molecule has 2 aliphatic carbocycles. The average molecular weight is 189 g/mol. The molecule has 2 saturated carbocycles. The monoisotopic (exact) mass is 188 g/mol. The minimum Gasteiger partial charge on any atom is -0.390 e. The van der Waals surface area contributed by atoms with E-state index in [9.17, 15) is 5.11 Å². The van der Waals surface area contributed by atoms with E-state index in [-0.39, 0.29) is 11.0 Å². The van der Waals surface area contributed by atoms with Gasteiger partial charge in [-0.15, -0.1) is 11.6 Å². The summed E-state index contributed by atoms with van der Waals surface area (Å²) in [5.74, 6) is 0.390. The Labute approximate surface area is 79.1 Å². The fourth-order valence-corrected chi connectivity index (χ4v) is 3.40. The second-order valence-electron chi connectivity index (χ2n) is 4.36. The van der Waals surface area contributed by atoms with Crippen LogP contribution in [0, 0.1) is 5.92 Å². The van der Waals surface area contributed by atoms with Gasteiger partial charge in [0.05, 0.1) is 5.60 Å². The summed E-state index contributed by atoms with van der Waals surface area (Å²) in [6, 6.07) is 0. The lowest BCUT2D eigenvalue weighted by Gasteiger charge is -2.45. The summed E-state index contributed by atoms with van der Waals surface area (Å²) in [4.78, 5) is 0. The largest absolute Gasteiger partial charge is 0.390 e. The minimum absolute atomic E-state index is 0.240. The SMILES string of the molecule is O[C@]12CCCC[C@H]1[C@H](Cl)CCC2. The second kappa shape index (κ2) is 3.19. The normalized spacial score (nSPS) is 48.5. The first-order valence-corrected chi connectivity index (χ1v) is 5.52. The first kappa shape index (κ1) is 8.83. The molecule has 0 aliphatic heterocycles. The summed E-state index contributed by atoms with van der Waals surface area (Å²) < 4.78 is 0. The molecular weight excluding hydrogens is 172 g/mol. The van der Waals surface area contributed by atoms with Gasteiger partial charge in [-0.25, -0.2) is 0 Å². The second-order valence-corrected chi connectivity index (χ2v) is 4.92. The minimum atomic E-state index is -0.386. The van der Waals surface area contributed by atoms with Crippen molar-refractivity contribution in [3.8, 4) is 0 Å². The molecule has 2 rings (SSSR count). The Bertz CT molecular complexity index is 167. The average Bonchev–Trinajstić information content (AvgIpc) is 2.04. The van der Waals surface area contributed by atoms with E-state index in [0.29, 0.717) is 5.92 Å². The summed E-state index contributed by atoms with van der Waals surface area (Å²) >= 11 is 6.22. The van der Waals surface area contributed by atoms with Crippen molar-refractivity contribution in [3.05, 3.63) is 0 Å². The van der Waals surface area contributed by atoms with Crippen molar-refractivity contribution in [2.24, 2.45) is 5.92 Å². The predicted octanol–water partition coefficient (Wildman–Crippen LogP) is 2.70. The van der Waals surface area contributed by atoms with Crippen LogP contribution >= 0.6 is 11.6 Å². The Morgan fingerprint density at radius 3 is 2.58 bits per heavy atom. The molecule has 0 heterocycles. The third kappa shape index (κ3) is 1.38. The topological polar surface area (TPSA) is 20.2 Å². The van der Waals surface area contributed by atoms with Crippen LogP contribution in [0.2, 0.25) is 0 Å². The third-order valence-corrected chi connectivity index (χ3v) is 4.11. The van der Waals surface area contributed by atoms with Gasteiger partial charge in [0.1, 0.15) is 0 Å². The molecule has 1 N–H and O–H groups in total. The fraction of sp³-hybridized carbons (Fsp3) is 1.00. The van der Waals surface area contributed by atoms with Gasteiger partial charge in [-0.1, -0.05) is 12.8 Å². The van der Waals surface area contributed by atoms with Gasteiger partial charge in [-0.2, -0.15) is 0 Å². The van der Waals surface area contributed by atoms with Gasteiger partial charge in [0.25, 0.3) is 0 Å². The lowest BCUT2D eigenvalue weighted by molar-refractivity contribution is -0.0724. The van der Waals surface area contributed by atoms with Gasteiger partial charge in [0, 0.05) is 11.3 Å². The summed E-state index contributed by atoms with van der Waals surface area (Å²) in [5, 5.41) is 10.5. The molecule has 0 aromatic rings. The van der Waals surface area contributed by atoms with Crippen molar-refractivity contribution in [1.82, 2.24) is 0 Å². The van der Waals surface area contributed by atoms with Crippen LogP contribution in [0.3, 0.4) is 0 Å². The van der Waals surface area contributed by atoms with Crippen molar-refractivity contribution in [2.75, 3.05) is 0 Å². The molecule has 0 aromatic heterocycles. The molecule has 2 heteroatoms. The Morgan fingerprint density at radius 1 is 1.08 bits per heavy atom. The first-order valence-electron chi connectivity index (χ1n) is 5.09. The first-order chi connectivity index (χ1) is 5.72. The summed E-state index contributed by atoms with van der Waals surface area (Å²) in [5.41, 5.74) is -0.386. The molecule has 0 aromatic carbocycles. The molecule has 70 valence electrons. The molecule has 12 heavy (non-hydrogen) atoms. The fourth-order valence-electron chi connectivity index (χ4n) is 2.88. The molecule has 0 amide bonds. The van der Waals surface area contributed by atoms with Crippen molar-refractivity contribution in [1.29, 1.82) is 0 Å². The molecule has 2 aliphatic rings. The number of rotatable bonds is 0. The van der Waals surface area contributed by atoms with Gasteiger partial charge < -0.3 is 5.11 Å². The number of fused-ring (bicyclic) bond motifs is 1. The molecule has 3 atom stereocenters. The Kier molecular flexibility index (Phi) is 2.35. The standard InChI is InChI=1S/C10H17ClO/c11-9-5-3-7-10(12)6-2-1-4-8(9)10/h8-9,12H,1-7H2/t8-,9+,10-/m0/s1. The highest BCUT2D eigenvalue weighted by molar-refractivity contribution is 6.20. The van der Waals surface area contributed by atoms with Crippen molar-refractivity contribution in [2.45, 2.75) is 55.9 Å². The third-order valence-electron chi connectivity index (χ3n) is 3.59. The van der Waals surface area contributed by atoms with E-state index >= 15 is 0 Å². The van der Waals surface area contributed by atoms with Crippen LogP contribution in [0.15, 0.2) is 0 Å². The highest BCUT2D eigenvalue weighted by atomic mass is 35.5. The lowest BCUT2D eigenvalue weighted by Crippen LogP contribution is -2.47. The highest BCUT2D eigenvalue weighted by Gasteiger charge is 2.44. The van der Waals surface area contributed by atoms with Crippen LogP contribution in [0.1, 0.15) is 44.9 Å². The molecular formula is C10H17ClO. The quantitative estimate of drug-likeness (QED) is 0.580. The van der Waals surface area contributed by atoms with Gasteiger partial charge in [0.15, 0.2) is 0 Å². The molecule has 0 bridgehead atoms. The smallest absolute Gasteiger partial charge is 0.0689 e. The maximum Gasteiger partial charge on any atom is 0.0689 e. The molecule has 0 spiro atoms. The van der Waals surface area contributed by atoms with E-state index in [0.717, 1.165) is 32.1 Å². The van der Waals surface area contributed by atoms with Gasteiger partial charge >= 0.3 is 0 Å². The molecule has 0 radical (unpaired) electrons. The van der Waals surface area contributed by atoms with E-state index in [4.69, 9.17) is 11.6 Å². The highest BCUT2D eigenvalue weighted by Crippen LogP contribution is 2.45. The molecule has 0 unspecified atom stereocenters. The van der Waals surface area contributed by atoms with E-state index in [1.165, 1.54) is 12.8 Å². The van der Waals surface area contributed by atoms with Crippen LogP contribution in [0.4, 0.5) is 0 Å². The number of alkyl halides is 1. The number of hydrogen-bond acceptors (Lipinski definition) is 1. The zero-order valence-corrected chi connectivity index (χ0v) is 8.19. The van der Waals surface area contributed by atoms with Crippen LogP contribution in [-0.2, 0) is 0 Å². The van der Waals surface area contributed by atoms with E-state index in [2.05, 4.69) is 0 Å². The Hall–Kier alpha value is 0.250. The maximum absolute atomic E-state index is 10.3. The Morgan fingerprint density at radius 2 is 1.83 bits per heavy atom. The van der Waals surface area contributed by atoms with Gasteiger partial charge in [-0.3, -0.25) is 0 Å². The van der Waals surface area contributed by atoms with Crippen LogP contribution < -0.4 is 0 Å². The molecule has 0 saturated heterocycles. The van der Waals surface area contributed by atoms with Crippen LogP contribution in [0.5, 0.6) is 0 Å². The zero-order chi connectivity index (χ0) is 8.60. The lowest BCUT2D eigenvalue weighted by atomic mass is 9.67. The summed E-state index contributed by atoms with van der Waals surface area (Å²) in [6.45, 7) is 0. The molecule has 1 nitrogen and oxygen atoms in total. The van der Waals surface area contributed by atoms with Gasteiger partial charge in [0.2, 0.25) is 0 Å². The predicted molar refractivity (Wildman–Crippen MR) is 50.4 cm³/mol. The summed E-state index contributed by atoms with van der Waals surface area (Å²) in [7, 11) is 0. The van der Waals surface area contributed by atoms with E-state index in [1.807, 2.05) is 0 Å². The Balaban J connectivity index is 2.12. The summed E-state index contributed by atoms with van der Waals surface area (Å²) in [6.07, 6.45) is 7.79. The van der Waals surface area contributed by atoms with Crippen molar-refractivity contribution < 1.29 is 5.11 Å².